The molecule has 0 aromatic carbocycles. The highest BCUT2D eigenvalue weighted by Gasteiger charge is 2.13. The predicted octanol–water partition coefficient (Wildman–Crippen LogP) is 1.63. The number of aryl methyl sites for hydroxylation is 1. The Kier molecular flexibility index (Phi) is 3.61. The van der Waals surface area contributed by atoms with E-state index in [4.69, 9.17) is 10.5 Å². The number of pyridine rings is 2. The number of hydrogen-bond acceptors (Lipinski definition) is 5. The van der Waals surface area contributed by atoms with Gasteiger partial charge in [-0.15, -0.1) is 0 Å². The number of nitrogens with one attached hydrogen (secondary N) is 1. The fraction of sp³-hybridized carbons (Fsp3) is 0.154. The lowest BCUT2D eigenvalue weighted by Crippen LogP contribution is -2.15. The van der Waals surface area contributed by atoms with Crippen LogP contribution >= 0.6 is 0 Å². The minimum absolute atomic E-state index is 0.306. The zero-order valence-corrected chi connectivity index (χ0v) is 10.7. The second kappa shape index (κ2) is 5.34. The summed E-state index contributed by atoms with van der Waals surface area (Å²) in [6, 6.07) is 3.33. The fourth-order valence-electron chi connectivity index (χ4n) is 1.63. The van der Waals surface area contributed by atoms with Crippen molar-refractivity contribution < 1.29 is 9.53 Å². The standard InChI is InChI=1S/C13H14N4O2/c1-8-5-9(14)6-16-12(8)17-13(18)10-3-4-15-7-11(10)19-2/h3-7H,14H2,1-2H3,(H,16,17,18). The summed E-state index contributed by atoms with van der Waals surface area (Å²) < 4.78 is 5.09. The number of anilines is 2. The van der Waals surface area contributed by atoms with Crippen LogP contribution in [0.4, 0.5) is 11.5 Å². The van der Waals surface area contributed by atoms with Gasteiger partial charge in [0.15, 0.2) is 0 Å². The van der Waals surface area contributed by atoms with Gasteiger partial charge in [0.05, 0.1) is 30.8 Å². The monoisotopic (exact) mass is 258 g/mol. The zero-order valence-electron chi connectivity index (χ0n) is 10.7. The highest BCUT2D eigenvalue weighted by Crippen LogP contribution is 2.19. The van der Waals surface area contributed by atoms with E-state index in [-0.39, 0.29) is 5.91 Å². The van der Waals surface area contributed by atoms with Gasteiger partial charge in [-0.05, 0) is 24.6 Å². The van der Waals surface area contributed by atoms with Gasteiger partial charge in [-0.3, -0.25) is 9.78 Å². The van der Waals surface area contributed by atoms with Crippen LogP contribution in [0.1, 0.15) is 15.9 Å². The van der Waals surface area contributed by atoms with Crippen molar-refractivity contribution in [2.24, 2.45) is 0 Å². The summed E-state index contributed by atoms with van der Waals surface area (Å²) in [6.45, 7) is 1.82. The fourth-order valence-corrected chi connectivity index (χ4v) is 1.63. The third-order valence-corrected chi connectivity index (χ3v) is 2.58. The minimum Gasteiger partial charge on any atom is -0.494 e. The van der Waals surface area contributed by atoms with Gasteiger partial charge in [0.1, 0.15) is 11.6 Å². The topological polar surface area (TPSA) is 90.1 Å². The lowest BCUT2D eigenvalue weighted by molar-refractivity contribution is 0.102. The molecule has 0 bridgehead atoms. The van der Waals surface area contributed by atoms with Crippen molar-refractivity contribution in [1.29, 1.82) is 0 Å². The Morgan fingerprint density at radius 1 is 1.42 bits per heavy atom. The van der Waals surface area contributed by atoms with Crippen LogP contribution in [0.25, 0.3) is 0 Å². The molecule has 0 aliphatic rings. The summed E-state index contributed by atoms with van der Waals surface area (Å²) in [7, 11) is 1.49. The molecule has 2 heterocycles. The van der Waals surface area contributed by atoms with Crippen LogP contribution in [-0.4, -0.2) is 23.0 Å². The summed E-state index contributed by atoms with van der Waals surface area (Å²) in [5, 5.41) is 2.72. The van der Waals surface area contributed by atoms with E-state index in [9.17, 15) is 4.79 Å². The number of aromatic nitrogens is 2. The molecule has 3 N–H and O–H groups in total. The molecule has 1 amide bonds. The average Bonchev–Trinajstić information content (AvgIpc) is 2.41. The van der Waals surface area contributed by atoms with Crippen LogP contribution in [0.15, 0.2) is 30.7 Å². The summed E-state index contributed by atoms with van der Waals surface area (Å²) in [6.07, 6.45) is 4.51. The molecule has 0 radical (unpaired) electrons. The molecule has 19 heavy (non-hydrogen) atoms. The molecule has 0 aliphatic heterocycles. The number of hydrogen-bond donors (Lipinski definition) is 2. The Hall–Kier alpha value is -2.63. The second-order valence-electron chi connectivity index (χ2n) is 3.96. The lowest BCUT2D eigenvalue weighted by atomic mass is 10.2. The van der Waals surface area contributed by atoms with E-state index in [1.807, 2.05) is 6.92 Å². The van der Waals surface area contributed by atoms with E-state index >= 15 is 0 Å². The molecule has 0 spiro atoms. The van der Waals surface area contributed by atoms with E-state index in [1.54, 1.807) is 12.1 Å². The number of carbonyl (C=O) groups excluding carboxylic acids is 1. The highest BCUT2D eigenvalue weighted by molar-refractivity contribution is 6.05. The van der Waals surface area contributed by atoms with Crippen LogP contribution in [0, 0.1) is 6.92 Å². The van der Waals surface area contributed by atoms with Gasteiger partial charge in [-0.2, -0.15) is 0 Å². The molecule has 2 aromatic heterocycles. The van der Waals surface area contributed by atoms with Crippen molar-refractivity contribution in [2.75, 3.05) is 18.2 Å². The Bertz CT molecular complexity index is 613. The summed E-state index contributed by atoms with van der Waals surface area (Å²) in [5.74, 6) is 0.575. The molecule has 0 saturated carbocycles. The first kappa shape index (κ1) is 12.8. The number of nitrogens with zero attached hydrogens (tertiary/aromatic N) is 2. The number of methoxy groups -OCH3 is 1. The first-order chi connectivity index (χ1) is 9.11. The largest absolute Gasteiger partial charge is 0.494 e. The number of carbonyl (C=O) groups is 1. The molecular formula is C13H14N4O2. The number of nitrogens with two attached hydrogens (primary N) is 1. The van der Waals surface area contributed by atoms with Gasteiger partial charge in [0, 0.05) is 6.20 Å². The summed E-state index contributed by atoms with van der Waals surface area (Å²) in [4.78, 5) is 20.1. The van der Waals surface area contributed by atoms with Crippen molar-refractivity contribution in [1.82, 2.24) is 9.97 Å². The van der Waals surface area contributed by atoms with Gasteiger partial charge in [-0.25, -0.2) is 4.98 Å². The summed E-state index contributed by atoms with van der Waals surface area (Å²) in [5.41, 5.74) is 7.36. The van der Waals surface area contributed by atoms with Crippen molar-refractivity contribution in [3.8, 4) is 5.75 Å². The predicted molar refractivity (Wildman–Crippen MR) is 72.1 cm³/mol. The number of ether oxygens (including phenoxy) is 1. The number of rotatable bonds is 3. The van der Waals surface area contributed by atoms with Crippen LogP contribution in [-0.2, 0) is 0 Å². The third-order valence-electron chi connectivity index (χ3n) is 2.58. The van der Waals surface area contributed by atoms with E-state index in [2.05, 4.69) is 15.3 Å². The minimum atomic E-state index is -0.306. The normalized spacial score (nSPS) is 10.0. The quantitative estimate of drug-likeness (QED) is 0.873. The van der Waals surface area contributed by atoms with Crippen LogP contribution in [0.2, 0.25) is 0 Å². The van der Waals surface area contributed by atoms with Crippen molar-refractivity contribution in [3.05, 3.63) is 41.9 Å². The Morgan fingerprint density at radius 2 is 2.21 bits per heavy atom. The maximum absolute atomic E-state index is 12.1. The molecular weight excluding hydrogens is 244 g/mol. The van der Waals surface area contributed by atoms with Crippen LogP contribution in [0.5, 0.6) is 5.75 Å². The van der Waals surface area contributed by atoms with Crippen molar-refractivity contribution in [2.45, 2.75) is 6.92 Å². The van der Waals surface area contributed by atoms with Crippen LogP contribution in [0.3, 0.4) is 0 Å². The second-order valence-corrected chi connectivity index (χ2v) is 3.96. The molecule has 2 aromatic rings. The molecule has 2 rings (SSSR count). The number of amides is 1. The lowest BCUT2D eigenvalue weighted by Gasteiger charge is -2.10. The van der Waals surface area contributed by atoms with E-state index in [1.165, 1.54) is 25.7 Å². The Balaban J connectivity index is 2.26. The molecule has 6 heteroatoms. The van der Waals surface area contributed by atoms with Crippen molar-refractivity contribution >= 4 is 17.4 Å². The average molecular weight is 258 g/mol. The van der Waals surface area contributed by atoms with E-state index < -0.39 is 0 Å². The van der Waals surface area contributed by atoms with Crippen LogP contribution < -0.4 is 15.8 Å². The van der Waals surface area contributed by atoms with E-state index in [0.29, 0.717) is 22.8 Å². The van der Waals surface area contributed by atoms with E-state index in [0.717, 1.165) is 5.56 Å². The van der Waals surface area contributed by atoms with Gasteiger partial charge in [-0.1, -0.05) is 0 Å². The van der Waals surface area contributed by atoms with Gasteiger partial charge < -0.3 is 15.8 Å². The highest BCUT2D eigenvalue weighted by atomic mass is 16.5. The van der Waals surface area contributed by atoms with Gasteiger partial charge >= 0.3 is 0 Å². The smallest absolute Gasteiger partial charge is 0.260 e. The number of nitrogen functional groups attached to an aromatic ring is 1. The van der Waals surface area contributed by atoms with Crippen molar-refractivity contribution in [3.63, 3.8) is 0 Å². The zero-order chi connectivity index (χ0) is 13.8. The van der Waals surface area contributed by atoms with Gasteiger partial charge in [0.2, 0.25) is 0 Å². The molecule has 98 valence electrons. The maximum Gasteiger partial charge on any atom is 0.260 e. The molecule has 0 saturated heterocycles. The molecule has 0 unspecified atom stereocenters. The molecule has 0 atom stereocenters. The third kappa shape index (κ3) is 2.79. The Morgan fingerprint density at radius 3 is 2.89 bits per heavy atom. The SMILES string of the molecule is COc1cnccc1C(=O)Nc1ncc(N)cc1C. The molecule has 6 nitrogen and oxygen atoms in total. The Labute approximate surface area is 110 Å². The first-order valence-corrected chi connectivity index (χ1v) is 5.63. The maximum atomic E-state index is 12.1. The molecule has 0 fully saturated rings. The first-order valence-electron chi connectivity index (χ1n) is 5.63. The molecule has 0 aliphatic carbocycles. The van der Waals surface area contributed by atoms with Gasteiger partial charge in [0.25, 0.3) is 5.91 Å². The summed E-state index contributed by atoms with van der Waals surface area (Å²) >= 11 is 0.